The van der Waals surface area contributed by atoms with Crippen LogP contribution in [0.4, 0.5) is 0 Å². The summed E-state index contributed by atoms with van der Waals surface area (Å²) >= 11 is 0. The Balaban J connectivity index is 2.50. The van der Waals surface area contributed by atoms with Gasteiger partial charge in [0.25, 0.3) is 0 Å². The van der Waals surface area contributed by atoms with Gasteiger partial charge in [-0.3, -0.25) is 9.59 Å². The quantitative estimate of drug-likeness (QED) is 0.461. The van der Waals surface area contributed by atoms with E-state index in [0.29, 0.717) is 12.0 Å². The Morgan fingerprint density at radius 1 is 1.29 bits per heavy atom. The molecule has 0 saturated heterocycles. The fourth-order valence-corrected chi connectivity index (χ4v) is 1.80. The lowest BCUT2D eigenvalue weighted by molar-refractivity contribution is -0.137. The van der Waals surface area contributed by atoms with Crippen LogP contribution in [-0.4, -0.2) is 39.3 Å². The molecular weight excluding hydrogens is 276 g/mol. The molecular formula is C14H20N2O5. The van der Waals surface area contributed by atoms with E-state index in [-0.39, 0.29) is 36.3 Å². The molecule has 7 nitrogen and oxygen atoms in total. The summed E-state index contributed by atoms with van der Waals surface area (Å²) in [5, 5.41) is 29.8. The molecule has 0 fully saturated rings. The van der Waals surface area contributed by atoms with E-state index in [9.17, 15) is 19.8 Å². The van der Waals surface area contributed by atoms with Crippen molar-refractivity contribution in [2.75, 3.05) is 0 Å². The highest BCUT2D eigenvalue weighted by molar-refractivity contribution is 5.82. The number of carbonyl (C=O) groups is 2. The average Bonchev–Trinajstić information content (AvgIpc) is 2.40. The molecule has 0 bridgehead atoms. The summed E-state index contributed by atoms with van der Waals surface area (Å²) in [6, 6.07) is 3.13. The fourth-order valence-electron chi connectivity index (χ4n) is 1.80. The average molecular weight is 296 g/mol. The van der Waals surface area contributed by atoms with Gasteiger partial charge in [-0.25, -0.2) is 0 Å². The van der Waals surface area contributed by atoms with E-state index in [4.69, 9.17) is 10.8 Å². The van der Waals surface area contributed by atoms with Crippen LogP contribution in [-0.2, 0) is 16.0 Å². The highest BCUT2D eigenvalue weighted by Crippen LogP contribution is 2.25. The number of amides is 1. The van der Waals surface area contributed by atoms with Gasteiger partial charge in [-0.15, -0.1) is 0 Å². The van der Waals surface area contributed by atoms with E-state index in [2.05, 4.69) is 5.32 Å². The molecule has 0 spiro atoms. The minimum absolute atomic E-state index is 0.0253. The van der Waals surface area contributed by atoms with Crippen molar-refractivity contribution in [2.45, 2.75) is 38.3 Å². The second-order valence-corrected chi connectivity index (χ2v) is 4.98. The molecule has 6 N–H and O–H groups in total. The maximum Gasteiger partial charge on any atom is 0.303 e. The monoisotopic (exact) mass is 296 g/mol. The smallest absolute Gasteiger partial charge is 0.303 e. The number of carboxylic acids is 1. The molecule has 0 aliphatic rings. The van der Waals surface area contributed by atoms with Crippen LogP contribution < -0.4 is 11.1 Å². The first-order valence-corrected chi connectivity index (χ1v) is 6.58. The van der Waals surface area contributed by atoms with E-state index in [0.717, 1.165) is 0 Å². The van der Waals surface area contributed by atoms with E-state index in [1.54, 1.807) is 13.0 Å². The Morgan fingerprint density at radius 2 is 1.95 bits per heavy atom. The largest absolute Gasteiger partial charge is 0.504 e. The summed E-state index contributed by atoms with van der Waals surface area (Å²) in [5.41, 5.74) is 6.39. The summed E-state index contributed by atoms with van der Waals surface area (Å²) < 4.78 is 0. The van der Waals surface area contributed by atoms with Gasteiger partial charge in [0.15, 0.2) is 11.5 Å². The normalized spacial score (nSPS) is 13.4. The standard InChI is InChI=1S/C14H20N2O5/c1-8(2-5-13(19)20)16-14(21)10(15)6-9-3-4-11(17)12(18)7-9/h3-4,7-8,10,17-18H,2,5-6,15H2,1H3,(H,16,21)(H,19,20)/t8?,10-/m0/s1. The third-order valence-corrected chi connectivity index (χ3v) is 3.01. The van der Waals surface area contributed by atoms with Crippen molar-refractivity contribution in [3.05, 3.63) is 23.8 Å². The number of aliphatic carboxylic acids is 1. The minimum atomic E-state index is -0.917. The molecule has 0 aromatic heterocycles. The third-order valence-electron chi connectivity index (χ3n) is 3.01. The van der Waals surface area contributed by atoms with Crippen molar-refractivity contribution < 1.29 is 24.9 Å². The van der Waals surface area contributed by atoms with Gasteiger partial charge in [0.2, 0.25) is 5.91 Å². The predicted octanol–water partition coefficient (Wildman–Crippen LogP) is 0.337. The van der Waals surface area contributed by atoms with Crippen LogP contribution in [0, 0.1) is 0 Å². The van der Waals surface area contributed by atoms with Crippen LogP contribution in [0.25, 0.3) is 0 Å². The second-order valence-electron chi connectivity index (χ2n) is 4.98. The van der Waals surface area contributed by atoms with Crippen LogP contribution in [0.2, 0.25) is 0 Å². The van der Waals surface area contributed by atoms with E-state index >= 15 is 0 Å². The Morgan fingerprint density at radius 3 is 2.52 bits per heavy atom. The second kappa shape index (κ2) is 7.49. The Kier molecular flexibility index (Phi) is 5.98. The van der Waals surface area contributed by atoms with Crippen molar-refractivity contribution in [3.8, 4) is 11.5 Å². The zero-order valence-corrected chi connectivity index (χ0v) is 11.7. The molecule has 0 aliphatic carbocycles. The highest BCUT2D eigenvalue weighted by Gasteiger charge is 2.17. The molecule has 1 amide bonds. The van der Waals surface area contributed by atoms with Crippen molar-refractivity contribution in [1.29, 1.82) is 0 Å². The van der Waals surface area contributed by atoms with E-state index in [1.165, 1.54) is 12.1 Å². The lowest BCUT2D eigenvalue weighted by Crippen LogP contribution is -2.45. The molecule has 1 aromatic carbocycles. The molecule has 7 heteroatoms. The van der Waals surface area contributed by atoms with Gasteiger partial charge in [-0.1, -0.05) is 6.07 Å². The highest BCUT2D eigenvalue weighted by atomic mass is 16.4. The van der Waals surface area contributed by atoms with Crippen LogP contribution in [0.1, 0.15) is 25.3 Å². The number of nitrogens with two attached hydrogens (primary N) is 1. The lowest BCUT2D eigenvalue weighted by atomic mass is 10.0. The number of phenolic OH excluding ortho intramolecular Hbond substituents is 2. The van der Waals surface area contributed by atoms with Gasteiger partial charge in [-0.05, 0) is 37.5 Å². The van der Waals surface area contributed by atoms with Gasteiger partial charge in [0, 0.05) is 12.5 Å². The SMILES string of the molecule is CC(CCC(=O)O)NC(=O)[C@@H](N)Cc1ccc(O)c(O)c1. The van der Waals surface area contributed by atoms with Crippen LogP contribution in [0.3, 0.4) is 0 Å². The molecule has 0 saturated carbocycles. The zero-order valence-electron chi connectivity index (χ0n) is 11.7. The third kappa shape index (κ3) is 5.70. The first-order valence-electron chi connectivity index (χ1n) is 6.58. The van der Waals surface area contributed by atoms with Gasteiger partial charge in [0.05, 0.1) is 6.04 Å². The zero-order chi connectivity index (χ0) is 16.0. The van der Waals surface area contributed by atoms with Gasteiger partial charge in [-0.2, -0.15) is 0 Å². The van der Waals surface area contributed by atoms with Crippen LogP contribution in [0.15, 0.2) is 18.2 Å². The molecule has 0 aliphatic heterocycles. The predicted molar refractivity (Wildman–Crippen MR) is 75.9 cm³/mol. The minimum Gasteiger partial charge on any atom is -0.504 e. The van der Waals surface area contributed by atoms with Crippen molar-refractivity contribution in [2.24, 2.45) is 5.73 Å². The molecule has 0 heterocycles. The molecule has 1 aromatic rings. The molecule has 0 radical (unpaired) electrons. The number of nitrogens with one attached hydrogen (secondary N) is 1. The summed E-state index contributed by atoms with van der Waals surface area (Å²) in [4.78, 5) is 22.3. The van der Waals surface area contributed by atoms with Gasteiger partial charge < -0.3 is 26.4 Å². The number of phenols is 2. The van der Waals surface area contributed by atoms with Crippen molar-refractivity contribution >= 4 is 11.9 Å². The van der Waals surface area contributed by atoms with Gasteiger partial charge >= 0.3 is 5.97 Å². The molecule has 21 heavy (non-hydrogen) atoms. The summed E-state index contributed by atoms with van der Waals surface area (Å²) in [5.74, 6) is -1.81. The lowest BCUT2D eigenvalue weighted by Gasteiger charge is -2.17. The molecule has 1 unspecified atom stereocenters. The topological polar surface area (TPSA) is 133 Å². The van der Waals surface area contributed by atoms with Crippen LogP contribution in [0.5, 0.6) is 11.5 Å². The number of hydrogen-bond acceptors (Lipinski definition) is 5. The Bertz CT molecular complexity index is 518. The summed E-state index contributed by atoms with van der Waals surface area (Å²) in [6.07, 6.45) is 0.502. The number of aromatic hydroxyl groups is 2. The number of carbonyl (C=O) groups excluding carboxylic acids is 1. The number of carboxylic acid groups (broad SMARTS) is 1. The first kappa shape index (κ1) is 16.8. The van der Waals surface area contributed by atoms with E-state index in [1.807, 2.05) is 0 Å². The Labute approximate surface area is 122 Å². The molecule has 2 atom stereocenters. The first-order chi connectivity index (χ1) is 9.79. The molecule has 1 rings (SSSR count). The van der Waals surface area contributed by atoms with Crippen molar-refractivity contribution in [3.63, 3.8) is 0 Å². The Hall–Kier alpha value is -2.28. The molecule has 116 valence electrons. The van der Waals surface area contributed by atoms with E-state index < -0.39 is 12.0 Å². The van der Waals surface area contributed by atoms with Gasteiger partial charge in [0.1, 0.15) is 0 Å². The summed E-state index contributed by atoms with van der Waals surface area (Å²) in [6.45, 7) is 1.71. The number of rotatable bonds is 7. The maximum atomic E-state index is 11.9. The number of hydrogen-bond donors (Lipinski definition) is 5. The fraction of sp³-hybridized carbons (Fsp3) is 0.429. The maximum absolute atomic E-state index is 11.9. The van der Waals surface area contributed by atoms with Crippen molar-refractivity contribution in [1.82, 2.24) is 5.32 Å². The van der Waals surface area contributed by atoms with Crippen LogP contribution >= 0.6 is 0 Å². The number of benzene rings is 1. The summed E-state index contributed by atoms with van der Waals surface area (Å²) in [7, 11) is 0.